The molecule has 1 atom stereocenters. The Balaban J connectivity index is 2.17. The highest BCUT2D eigenvalue weighted by Gasteiger charge is 2.35. The van der Waals surface area contributed by atoms with Gasteiger partial charge in [0.25, 0.3) is 5.56 Å². The van der Waals surface area contributed by atoms with E-state index >= 15 is 0 Å². The van der Waals surface area contributed by atoms with E-state index in [1.807, 2.05) is 0 Å². The van der Waals surface area contributed by atoms with Crippen LogP contribution >= 0.6 is 15.9 Å². The summed E-state index contributed by atoms with van der Waals surface area (Å²) in [5.41, 5.74) is -0.431. The predicted molar refractivity (Wildman–Crippen MR) is 112 cm³/mol. The molecule has 0 amide bonds. The number of aromatic nitrogens is 2. The summed E-state index contributed by atoms with van der Waals surface area (Å²) in [7, 11) is 3.04. The standard InChI is InChI=1S/C21H20BrF3N2O3/c1-11(22)14-8-15-17(9-16(14)21(23,24)25)26-12(2)27(20(15)28)10-13-5-6-18(29-3)19(7-13)30-4/h5-9,11H,10H2,1-4H3. The number of methoxy groups -OCH3 is 2. The van der Waals surface area contributed by atoms with Gasteiger partial charge in [-0.2, -0.15) is 13.2 Å². The first kappa shape index (κ1) is 22.1. The van der Waals surface area contributed by atoms with E-state index in [1.165, 1.54) is 24.9 Å². The number of ether oxygens (including phenoxy) is 2. The molecule has 9 heteroatoms. The molecule has 0 fully saturated rings. The Kier molecular flexibility index (Phi) is 6.12. The Bertz CT molecular complexity index is 1160. The van der Waals surface area contributed by atoms with Crippen LogP contribution in [0.1, 0.15) is 34.3 Å². The Labute approximate surface area is 179 Å². The Morgan fingerprint density at radius 2 is 1.80 bits per heavy atom. The number of nitrogens with zero attached hydrogens (tertiary/aromatic N) is 2. The number of benzene rings is 2. The first-order valence-corrected chi connectivity index (χ1v) is 9.95. The van der Waals surface area contributed by atoms with Crippen LogP contribution in [-0.4, -0.2) is 23.8 Å². The lowest BCUT2D eigenvalue weighted by molar-refractivity contribution is -0.138. The molecule has 0 radical (unpaired) electrons. The number of fused-ring (bicyclic) bond motifs is 1. The summed E-state index contributed by atoms with van der Waals surface area (Å²) in [4.78, 5) is 16.8. The summed E-state index contributed by atoms with van der Waals surface area (Å²) in [6, 6.07) is 7.47. The maximum Gasteiger partial charge on any atom is 0.416 e. The second kappa shape index (κ2) is 8.29. The van der Waals surface area contributed by atoms with Gasteiger partial charge in [-0.15, -0.1) is 0 Å². The largest absolute Gasteiger partial charge is 0.493 e. The summed E-state index contributed by atoms with van der Waals surface area (Å²) in [5.74, 6) is 1.38. The highest BCUT2D eigenvalue weighted by molar-refractivity contribution is 9.09. The van der Waals surface area contributed by atoms with Gasteiger partial charge in [0.2, 0.25) is 0 Å². The average molecular weight is 485 g/mol. The normalized spacial score (nSPS) is 12.8. The molecule has 0 aliphatic heterocycles. The molecule has 0 spiro atoms. The molecule has 3 rings (SSSR count). The third kappa shape index (κ3) is 4.16. The van der Waals surface area contributed by atoms with Crippen LogP contribution in [-0.2, 0) is 12.7 Å². The van der Waals surface area contributed by atoms with Gasteiger partial charge in [0, 0.05) is 4.83 Å². The molecule has 3 aromatic rings. The van der Waals surface area contributed by atoms with Gasteiger partial charge in [0.05, 0.1) is 37.2 Å². The number of alkyl halides is 4. The van der Waals surface area contributed by atoms with Crippen molar-refractivity contribution in [3.05, 3.63) is 63.2 Å². The van der Waals surface area contributed by atoms with Crippen LogP contribution < -0.4 is 15.0 Å². The van der Waals surface area contributed by atoms with E-state index in [4.69, 9.17) is 9.47 Å². The molecular weight excluding hydrogens is 465 g/mol. The van der Waals surface area contributed by atoms with Gasteiger partial charge in [-0.25, -0.2) is 4.98 Å². The van der Waals surface area contributed by atoms with Crippen molar-refractivity contribution in [2.45, 2.75) is 31.4 Å². The lowest BCUT2D eigenvalue weighted by Gasteiger charge is -2.17. The van der Waals surface area contributed by atoms with E-state index < -0.39 is 22.1 Å². The van der Waals surface area contributed by atoms with Gasteiger partial charge >= 0.3 is 6.18 Å². The third-order valence-electron chi connectivity index (χ3n) is 4.84. The van der Waals surface area contributed by atoms with Crippen molar-refractivity contribution < 1.29 is 22.6 Å². The molecule has 0 aliphatic rings. The molecule has 2 aromatic carbocycles. The molecule has 1 unspecified atom stereocenters. The van der Waals surface area contributed by atoms with Gasteiger partial charge in [0.1, 0.15) is 5.82 Å². The summed E-state index contributed by atoms with van der Waals surface area (Å²) in [6.07, 6.45) is -4.55. The quantitative estimate of drug-likeness (QED) is 0.464. The average Bonchev–Trinajstić information content (AvgIpc) is 2.69. The summed E-state index contributed by atoms with van der Waals surface area (Å²) >= 11 is 3.20. The summed E-state index contributed by atoms with van der Waals surface area (Å²) in [5, 5.41) is 0.135. The van der Waals surface area contributed by atoms with Crippen molar-refractivity contribution in [2.75, 3.05) is 14.2 Å². The Morgan fingerprint density at radius 3 is 2.37 bits per heavy atom. The monoisotopic (exact) mass is 484 g/mol. The van der Waals surface area contributed by atoms with Crippen molar-refractivity contribution in [3.63, 3.8) is 0 Å². The topological polar surface area (TPSA) is 53.4 Å². The number of hydrogen-bond acceptors (Lipinski definition) is 4. The number of halogens is 4. The number of hydrogen-bond donors (Lipinski definition) is 0. The van der Waals surface area contributed by atoms with Crippen LogP contribution in [0.3, 0.4) is 0 Å². The van der Waals surface area contributed by atoms with E-state index in [2.05, 4.69) is 20.9 Å². The van der Waals surface area contributed by atoms with E-state index in [0.29, 0.717) is 17.3 Å². The van der Waals surface area contributed by atoms with E-state index in [1.54, 1.807) is 32.0 Å². The van der Waals surface area contributed by atoms with Crippen LogP contribution in [0.5, 0.6) is 11.5 Å². The minimum Gasteiger partial charge on any atom is -0.493 e. The summed E-state index contributed by atoms with van der Waals surface area (Å²) < 4.78 is 52.4. The minimum atomic E-state index is -4.55. The zero-order chi connectivity index (χ0) is 22.2. The molecule has 1 heterocycles. The van der Waals surface area contributed by atoms with E-state index in [-0.39, 0.29) is 23.0 Å². The molecule has 0 bridgehead atoms. The van der Waals surface area contributed by atoms with Crippen molar-refractivity contribution in [3.8, 4) is 11.5 Å². The molecule has 0 aliphatic carbocycles. The van der Waals surface area contributed by atoms with E-state index in [0.717, 1.165) is 11.6 Å². The first-order chi connectivity index (χ1) is 14.1. The van der Waals surface area contributed by atoms with Crippen LogP contribution in [0.25, 0.3) is 10.9 Å². The highest BCUT2D eigenvalue weighted by atomic mass is 79.9. The zero-order valence-corrected chi connectivity index (χ0v) is 18.4. The lowest BCUT2D eigenvalue weighted by Crippen LogP contribution is -2.25. The minimum absolute atomic E-state index is 0.00424. The molecule has 1 aromatic heterocycles. The first-order valence-electron chi connectivity index (χ1n) is 9.04. The Morgan fingerprint density at radius 1 is 1.13 bits per heavy atom. The second-order valence-electron chi connectivity index (χ2n) is 6.81. The fourth-order valence-corrected chi connectivity index (χ4v) is 3.70. The van der Waals surface area contributed by atoms with Crippen LogP contribution in [0, 0.1) is 6.92 Å². The molecular formula is C21H20BrF3N2O3. The van der Waals surface area contributed by atoms with Gasteiger partial charge in [-0.05, 0) is 49.2 Å². The van der Waals surface area contributed by atoms with Gasteiger partial charge < -0.3 is 9.47 Å². The van der Waals surface area contributed by atoms with Crippen LogP contribution in [0.2, 0.25) is 0 Å². The maximum absolute atomic E-state index is 13.5. The Hall–Kier alpha value is -2.55. The van der Waals surface area contributed by atoms with Gasteiger partial charge in [-0.1, -0.05) is 22.0 Å². The second-order valence-corrected chi connectivity index (χ2v) is 8.18. The van der Waals surface area contributed by atoms with Crippen LogP contribution in [0.4, 0.5) is 13.2 Å². The van der Waals surface area contributed by atoms with E-state index in [9.17, 15) is 18.0 Å². The predicted octanol–water partition coefficient (Wildman–Crippen LogP) is 5.25. The van der Waals surface area contributed by atoms with Gasteiger partial charge in [0.15, 0.2) is 11.5 Å². The maximum atomic E-state index is 13.5. The third-order valence-corrected chi connectivity index (χ3v) is 5.33. The molecule has 160 valence electrons. The van der Waals surface area contributed by atoms with Crippen molar-refractivity contribution in [2.24, 2.45) is 0 Å². The molecule has 0 N–H and O–H groups in total. The molecule has 30 heavy (non-hydrogen) atoms. The van der Waals surface area contributed by atoms with Gasteiger partial charge in [-0.3, -0.25) is 9.36 Å². The highest BCUT2D eigenvalue weighted by Crippen LogP contribution is 2.38. The zero-order valence-electron chi connectivity index (χ0n) is 16.8. The SMILES string of the molecule is COc1ccc(Cn2c(C)nc3cc(C(F)(F)F)c(C(C)Br)cc3c2=O)cc1OC. The lowest BCUT2D eigenvalue weighted by atomic mass is 10.0. The van der Waals surface area contributed by atoms with Crippen molar-refractivity contribution in [1.82, 2.24) is 9.55 Å². The fraction of sp³-hybridized carbons (Fsp3) is 0.333. The number of aryl methyl sites for hydroxylation is 1. The number of rotatable bonds is 5. The molecule has 0 saturated heterocycles. The van der Waals surface area contributed by atoms with Crippen molar-refractivity contribution >= 4 is 26.8 Å². The molecule has 5 nitrogen and oxygen atoms in total. The fourth-order valence-electron chi connectivity index (χ4n) is 3.32. The van der Waals surface area contributed by atoms with Crippen molar-refractivity contribution in [1.29, 1.82) is 0 Å². The molecule has 0 saturated carbocycles. The smallest absolute Gasteiger partial charge is 0.416 e. The van der Waals surface area contributed by atoms with Crippen LogP contribution in [0.15, 0.2) is 35.1 Å². The summed E-state index contributed by atoms with van der Waals surface area (Å²) in [6.45, 7) is 3.37.